The number of carbonyl (C=O) groups excluding carboxylic acids is 1. The van der Waals surface area contributed by atoms with Crippen molar-refractivity contribution in [2.45, 2.75) is 49.3 Å². The number of aliphatic carboxylic acids is 1. The number of nitrogens with one attached hydrogen (secondary N) is 3. The van der Waals surface area contributed by atoms with Crippen molar-refractivity contribution < 1.29 is 35.1 Å². The highest BCUT2D eigenvalue weighted by molar-refractivity contribution is 5.66. The van der Waals surface area contributed by atoms with Crippen LogP contribution in [0.1, 0.15) is 12.8 Å². The Bertz CT molecular complexity index is 399. The fourth-order valence-corrected chi connectivity index (χ4v) is 2.89. The summed E-state index contributed by atoms with van der Waals surface area (Å²) in [6.45, 7) is 0.224. The number of rotatable bonds is 11. The second-order valence-electron chi connectivity index (χ2n) is 5.73. The molecular formula is C14H27N3O7. The molecule has 0 aliphatic heterocycles. The van der Waals surface area contributed by atoms with E-state index in [1.54, 1.807) is 0 Å². The predicted octanol–water partition coefficient (Wildman–Crippen LogP) is -3.99. The summed E-state index contributed by atoms with van der Waals surface area (Å²) < 4.78 is 0. The molecule has 1 aliphatic rings. The number of hydrogen-bond donors (Lipinski definition) is 8. The van der Waals surface area contributed by atoms with Crippen molar-refractivity contribution in [1.82, 2.24) is 16.0 Å². The van der Waals surface area contributed by atoms with Gasteiger partial charge < -0.3 is 46.3 Å². The van der Waals surface area contributed by atoms with E-state index < -0.39 is 42.4 Å². The van der Waals surface area contributed by atoms with E-state index in [9.17, 15) is 24.9 Å². The Labute approximate surface area is 139 Å². The van der Waals surface area contributed by atoms with Crippen LogP contribution in [-0.4, -0.2) is 100 Å². The van der Waals surface area contributed by atoms with Crippen LogP contribution in [0.5, 0.6) is 0 Å². The zero-order chi connectivity index (χ0) is 18.1. The summed E-state index contributed by atoms with van der Waals surface area (Å²) >= 11 is 0. The van der Waals surface area contributed by atoms with E-state index in [1.165, 1.54) is 0 Å². The van der Waals surface area contributed by atoms with Gasteiger partial charge in [0, 0.05) is 26.1 Å². The minimum atomic E-state index is -1.19. The van der Waals surface area contributed by atoms with Crippen LogP contribution in [-0.2, 0) is 9.59 Å². The molecule has 8 N–H and O–H groups in total. The third-order valence-corrected chi connectivity index (χ3v) is 4.06. The molecule has 0 aromatic carbocycles. The topological polar surface area (TPSA) is 171 Å². The van der Waals surface area contributed by atoms with Gasteiger partial charge in [0.1, 0.15) is 6.29 Å². The first-order valence-electron chi connectivity index (χ1n) is 7.94. The van der Waals surface area contributed by atoms with Crippen LogP contribution in [0.2, 0.25) is 0 Å². The van der Waals surface area contributed by atoms with E-state index in [0.29, 0.717) is 6.29 Å². The summed E-state index contributed by atoms with van der Waals surface area (Å²) in [5, 5.41) is 57.3. The average Bonchev–Trinajstić information content (AvgIpc) is 2.53. The van der Waals surface area contributed by atoms with Crippen LogP contribution in [0.4, 0.5) is 0 Å². The van der Waals surface area contributed by atoms with E-state index in [2.05, 4.69) is 16.0 Å². The van der Waals surface area contributed by atoms with Crippen molar-refractivity contribution in [2.24, 2.45) is 0 Å². The molecule has 0 amide bonds. The number of hydrogen-bond acceptors (Lipinski definition) is 9. The van der Waals surface area contributed by atoms with Crippen molar-refractivity contribution in [1.29, 1.82) is 0 Å². The second-order valence-corrected chi connectivity index (χ2v) is 5.73. The predicted molar refractivity (Wildman–Crippen MR) is 83.4 cm³/mol. The van der Waals surface area contributed by atoms with Gasteiger partial charge in [-0.2, -0.15) is 0 Å². The molecule has 10 heteroatoms. The maximum atomic E-state index is 10.6. The smallest absolute Gasteiger partial charge is 0.304 e. The summed E-state index contributed by atoms with van der Waals surface area (Å²) in [4.78, 5) is 21.0. The van der Waals surface area contributed by atoms with Gasteiger partial charge in [-0.3, -0.25) is 4.79 Å². The first-order chi connectivity index (χ1) is 11.4. The molecule has 0 radical (unpaired) electrons. The molecule has 0 bridgehead atoms. The SMILES string of the molecule is O=CCCNC1C(O)C(NCCO)C(O)C(NCCC(=O)O)C1O. The molecule has 0 heterocycles. The van der Waals surface area contributed by atoms with Crippen LogP contribution < -0.4 is 16.0 Å². The molecule has 0 aromatic rings. The Kier molecular flexibility index (Phi) is 9.29. The summed E-state index contributed by atoms with van der Waals surface area (Å²) in [5.74, 6) is -1.02. The summed E-state index contributed by atoms with van der Waals surface area (Å²) in [5.41, 5.74) is 0. The van der Waals surface area contributed by atoms with Crippen LogP contribution in [0, 0.1) is 0 Å². The van der Waals surface area contributed by atoms with Gasteiger partial charge in [-0.1, -0.05) is 0 Å². The van der Waals surface area contributed by atoms with Crippen molar-refractivity contribution >= 4 is 12.3 Å². The molecular weight excluding hydrogens is 322 g/mol. The van der Waals surface area contributed by atoms with Gasteiger partial charge in [-0.15, -0.1) is 0 Å². The molecule has 10 nitrogen and oxygen atoms in total. The number of aliphatic hydroxyl groups is 4. The lowest BCUT2D eigenvalue weighted by molar-refractivity contribution is -0.137. The third-order valence-electron chi connectivity index (χ3n) is 4.06. The molecule has 1 fully saturated rings. The van der Waals surface area contributed by atoms with E-state index in [1.807, 2.05) is 0 Å². The van der Waals surface area contributed by atoms with Crippen molar-refractivity contribution in [2.75, 3.05) is 26.2 Å². The number of carboxylic acid groups (broad SMARTS) is 1. The molecule has 6 atom stereocenters. The highest BCUT2D eigenvalue weighted by Gasteiger charge is 2.48. The quantitative estimate of drug-likeness (QED) is 0.136. The Morgan fingerprint density at radius 2 is 1.33 bits per heavy atom. The maximum Gasteiger partial charge on any atom is 0.304 e. The van der Waals surface area contributed by atoms with Crippen molar-refractivity contribution in [3.63, 3.8) is 0 Å². The lowest BCUT2D eigenvalue weighted by atomic mass is 9.79. The van der Waals surface area contributed by atoms with Crippen molar-refractivity contribution in [3.8, 4) is 0 Å². The lowest BCUT2D eigenvalue weighted by Gasteiger charge is -2.47. The highest BCUT2D eigenvalue weighted by Crippen LogP contribution is 2.22. The molecule has 1 saturated carbocycles. The number of carbonyl (C=O) groups is 2. The van der Waals surface area contributed by atoms with Crippen molar-refractivity contribution in [3.05, 3.63) is 0 Å². The molecule has 6 unspecified atom stereocenters. The summed E-state index contributed by atoms with van der Waals surface area (Å²) in [6, 6.07) is -2.54. The Morgan fingerprint density at radius 3 is 1.75 bits per heavy atom. The van der Waals surface area contributed by atoms with E-state index >= 15 is 0 Å². The molecule has 1 rings (SSSR count). The van der Waals surface area contributed by atoms with Crippen LogP contribution in [0.15, 0.2) is 0 Å². The fourth-order valence-electron chi connectivity index (χ4n) is 2.89. The maximum absolute atomic E-state index is 10.6. The van der Waals surface area contributed by atoms with Gasteiger partial charge >= 0.3 is 5.97 Å². The van der Waals surface area contributed by atoms with Crippen LogP contribution in [0.3, 0.4) is 0 Å². The minimum Gasteiger partial charge on any atom is -0.481 e. The van der Waals surface area contributed by atoms with Gasteiger partial charge in [-0.25, -0.2) is 0 Å². The first kappa shape index (κ1) is 20.9. The fraction of sp³-hybridized carbons (Fsp3) is 0.857. The molecule has 0 aromatic heterocycles. The minimum absolute atomic E-state index is 0.0397. The molecule has 0 spiro atoms. The van der Waals surface area contributed by atoms with Gasteiger partial charge in [0.2, 0.25) is 0 Å². The van der Waals surface area contributed by atoms with Crippen LogP contribution in [0.25, 0.3) is 0 Å². The molecule has 24 heavy (non-hydrogen) atoms. The molecule has 1 aliphatic carbocycles. The lowest BCUT2D eigenvalue weighted by Crippen LogP contribution is -2.73. The first-order valence-corrected chi connectivity index (χ1v) is 7.94. The number of aliphatic hydroxyl groups excluding tert-OH is 4. The Balaban J connectivity index is 2.81. The number of aldehydes is 1. The van der Waals surface area contributed by atoms with E-state index in [4.69, 9.17) is 10.2 Å². The van der Waals surface area contributed by atoms with Gasteiger partial charge in [0.05, 0.1) is 49.5 Å². The van der Waals surface area contributed by atoms with E-state index in [0.717, 1.165) is 0 Å². The zero-order valence-corrected chi connectivity index (χ0v) is 13.3. The monoisotopic (exact) mass is 349 g/mol. The largest absolute Gasteiger partial charge is 0.481 e. The molecule has 0 saturated heterocycles. The summed E-state index contributed by atoms with van der Waals surface area (Å²) in [6.07, 6.45) is -2.83. The van der Waals surface area contributed by atoms with Gasteiger partial charge in [-0.05, 0) is 0 Å². The van der Waals surface area contributed by atoms with E-state index in [-0.39, 0.29) is 39.1 Å². The zero-order valence-electron chi connectivity index (χ0n) is 13.3. The Morgan fingerprint density at radius 1 is 0.875 bits per heavy atom. The Hall–Kier alpha value is -1.14. The number of carboxylic acids is 1. The van der Waals surface area contributed by atoms with Gasteiger partial charge in [0.25, 0.3) is 0 Å². The highest BCUT2D eigenvalue weighted by atomic mass is 16.4. The summed E-state index contributed by atoms with van der Waals surface area (Å²) in [7, 11) is 0. The third kappa shape index (κ3) is 5.74. The van der Waals surface area contributed by atoms with Gasteiger partial charge in [0.15, 0.2) is 0 Å². The molecule has 140 valence electrons. The second kappa shape index (κ2) is 10.7. The average molecular weight is 349 g/mol. The van der Waals surface area contributed by atoms with Crippen LogP contribution >= 0.6 is 0 Å². The standard InChI is InChI=1S/C14H27N3O7/c18-6-1-3-15-9-12(22)10(16-4-2-8(20)21)14(24)11(13(9)23)17-5-7-19/h6,9-17,19,22-24H,1-5,7H2,(H,20,21). The normalized spacial score (nSPS) is 33.3.